The van der Waals surface area contributed by atoms with Gasteiger partial charge in [0.2, 0.25) is 0 Å². The number of terminal acetylenes is 1. The number of nitrogens with zero attached hydrogens (tertiary/aromatic N) is 1. The Balaban J connectivity index is 2.17. The van der Waals surface area contributed by atoms with Gasteiger partial charge in [-0.25, -0.2) is 9.78 Å². The summed E-state index contributed by atoms with van der Waals surface area (Å²) in [5.74, 6) is 0.630. The topological polar surface area (TPSA) is 79.3 Å². The number of hydrogen-bond acceptors (Lipinski definition) is 3. The highest BCUT2D eigenvalue weighted by Gasteiger charge is 2.22. The van der Waals surface area contributed by atoms with Gasteiger partial charge in [0.05, 0.1) is 16.6 Å². The molecule has 1 amide bonds. The fraction of sp³-hybridized carbons (Fsp3) is 0.105. The molecule has 1 atom stereocenters. The number of carbonyl (C=O) groups is 2. The fourth-order valence-electron chi connectivity index (χ4n) is 2.63. The Morgan fingerprint density at radius 1 is 1.08 bits per heavy atom. The SMILES string of the molecule is C#CC[C@H](NC(=O)c1c2ccccc2nc2ccccc12)C(=O)O. The minimum Gasteiger partial charge on any atom is -0.480 e. The van der Waals surface area contributed by atoms with Gasteiger partial charge in [0, 0.05) is 17.2 Å². The van der Waals surface area contributed by atoms with E-state index in [0.29, 0.717) is 27.4 Å². The van der Waals surface area contributed by atoms with E-state index in [4.69, 9.17) is 6.42 Å². The van der Waals surface area contributed by atoms with Crippen LogP contribution in [-0.4, -0.2) is 28.0 Å². The van der Waals surface area contributed by atoms with Crippen molar-refractivity contribution in [3.8, 4) is 12.3 Å². The predicted molar refractivity (Wildman–Crippen MR) is 91.6 cm³/mol. The van der Waals surface area contributed by atoms with Crippen LogP contribution in [0.4, 0.5) is 0 Å². The van der Waals surface area contributed by atoms with Crippen LogP contribution in [0, 0.1) is 12.3 Å². The molecule has 5 heteroatoms. The van der Waals surface area contributed by atoms with Crippen molar-refractivity contribution in [3.05, 3.63) is 54.1 Å². The standard InChI is InChI=1S/C19H14N2O3/c1-2-7-16(19(23)24)21-18(22)17-12-8-3-5-10-14(12)20-15-11-6-4-9-13(15)17/h1,3-6,8-11,16H,7H2,(H,21,22)(H,23,24)/t16-/m0/s1. The average Bonchev–Trinajstić information content (AvgIpc) is 2.58. The molecule has 0 aliphatic rings. The average molecular weight is 318 g/mol. The zero-order valence-corrected chi connectivity index (χ0v) is 12.7. The molecule has 0 aliphatic carbocycles. The number of aliphatic carboxylic acids is 1. The van der Waals surface area contributed by atoms with E-state index < -0.39 is 17.9 Å². The first-order valence-corrected chi connectivity index (χ1v) is 7.36. The molecule has 3 rings (SSSR count). The molecule has 118 valence electrons. The number of amides is 1. The summed E-state index contributed by atoms with van der Waals surface area (Å²) in [6, 6.07) is 13.4. The van der Waals surface area contributed by atoms with Crippen LogP contribution in [0.1, 0.15) is 16.8 Å². The molecule has 2 aromatic carbocycles. The summed E-state index contributed by atoms with van der Waals surface area (Å²) in [5, 5.41) is 13.0. The Bertz CT molecular complexity index is 935. The first-order chi connectivity index (χ1) is 11.6. The third kappa shape index (κ3) is 2.77. The monoisotopic (exact) mass is 318 g/mol. The van der Waals surface area contributed by atoms with Crippen molar-refractivity contribution < 1.29 is 14.7 Å². The number of aromatic nitrogens is 1. The maximum Gasteiger partial charge on any atom is 0.327 e. The van der Waals surface area contributed by atoms with E-state index in [9.17, 15) is 14.7 Å². The molecule has 2 N–H and O–H groups in total. The first kappa shape index (κ1) is 15.5. The van der Waals surface area contributed by atoms with E-state index in [1.54, 1.807) is 12.1 Å². The maximum atomic E-state index is 12.8. The van der Waals surface area contributed by atoms with E-state index in [0.717, 1.165) is 0 Å². The van der Waals surface area contributed by atoms with Gasteiger partial charge in [-0.3, -0.25) is 4.79 Å². The third-order valence-corrected chi connectivity index (χ3v) is 3.74. The zero-order chi connectivity index (χ0) is 17.1. The lowest BCUT2D eigenvalue weighted by atomic mass is 10.0. The molecular weight excluding hydrogens is 304 g/mol. The third-order valence-electron chi connectivity index (χ3n) is 3.74. The fourth-order valence-corrected chi connectivity index (χ4v) is 2.63. The van der Waals surface area contributed by atoms with Crippen LogP contribution in [0.25, 0.3) is 21.8 Å². The molecule has 0 bridgehead atoms. The summed E-state index contributed by atoms with van der Waals surface area (Å²) >= 11 is 0. The Labute approximate surface area is 138 Å². The van der Waals surface area contributed by atoms with Crippen LogP contribution in [0.3, 0.4) is 0 Å². The number of carboxylic acid groups (broad SMARTS) is 1. The minimum atomic E-state index is -1.16. The Morgan fingerprint density at radius 2 is 1.62 bits per heavy atom. The highest BCUT2D eigenvalue weighted by Crippen LogP contribution is 2.25. The van der Waals surface area contributed by atoms with Crippen molar-refractivity contribution in [1.82, 2.24) is 10.3 Å². The van der Waals surface area contributed by atoms with Crippen LogP contribution in [-0.2, 0) is 4.79 Å². The van der Waals surface area contributed by atoms with Crippen LogP contribution >= 0.6 is 0 Å². The molecule has 1 aromatic heterocycles. The minimum absolute atomic E-state index is 0.0813. The summed E-state index contributed by atoms with van der Waals surface area (Å²) in [5.41, 5.74) is 1.75. The van der Waals surface area contributed by atoms with E-state index in [-0.39, 0.29) is 6.42 Å². The molecule has 0 saturated heterocycles. The highest BCUT2D eigenvalue weighted by molar-refractivity contribution is 6.16. The van der Waals surface area contributed by atoms with Crippen molar-refractivity contribution in [1.29, 1.82) is 0 Å². The zero-order valence-electron chi connectivity index (χ0n) is 12.7. The number of rotatable bonds is 4. The first-order valence-electron chi connectivity index (χ1n) is 7.36. The van der Waals surface area contributed by atoms with Crippen molar-refractivity contribution in [2.45, 2.75) is 12.5 Å². The van der Waals surface area contributed by atoms with Gasteiger partial charge in [0.1, 0.15) is 6.04 Å². The molecule has 3 aromatic rings. The smallest absolute Gasteiger partial charge is 0.327 e. The van der Waals surface area contributed by atoms with Crippen LogP contribution in [0.2, 0.25) is 0 Å². The second-order valence-electron chi connectivity index (χ2n) is 5.29. The number of carbonyl (C=O) groups excluding carboxylic acids is 1. The van der Waals surface area contributed by atoms with Gasteiger partial charge < -0.3 is 10.4 Å². The van der Waals surface area contributed by atoms with Crippen molar-refractivity contribution >= 4 is 33.7 Å². The molecular formula is C19H14N2O3. The number of carboxylic acids is 1. The van der Waals surface area contributed by atoms with Crippen molar-refractivity contribution in [2.75, 3.05) is 0 Å². The molecule has 5 nitrogen and oxygen atoms in total. The van der Waals surface area contributed by atoms with Crippen molar-refractivity contribution in [3.63, 3.8) is 0 Å². The molecule has 24 heavy (non-hydrogen) atoms. The molecule has 1 heterocycles. The Hall–Kier alpha value is -3.39. The van der Waals surface area contributed by atoms with Crippen LogP contribution in [0.15, 0.2) is 48.5 Å². The van der Waals surface area contributed by atoms with Gasteiger partial charge in [-0.2, -0.15) is 0 Å². The second-order valence-corrected chi connectivity index (χ2v) is 5.29. The summed E-state index contributed by atoms with van der Waals surface area (Å²) in [7, 11) is 0. The van der Waals surface area contributed by atoms with E-state index in [1.807, 2.05) is 36.4 Å². The lowest BCUT2D eigenvalue weighted by Gasteiger charge is -2.15. The highest BCUT2D eigenvalue weighted by atomic mass is 16.4. The predicted octanol–water partition coefficient (Wildman–Crippen LogP) is 2.59. The number of para-hydroxylation sites is 2. The number of fused-ring (bicyclic) bond motifs is 2. The summed E-state index contributed by atoms with van der Waals surface area (Å²) in [4.78, 5) is 28.6. The molecule has 0 saturated carbocycles. The summed E-state index contributed by atoms with van der Waals surface area (Å²) in [6.07, 6.45) is 5.11. The summed E-state index contributed by atoms with van der Waals surface area (Å²) < 4.78 is 0. The largest absolute Gasteiger partial charge is 0.480 e. The number of nitrogens with one attached hydrogen (secondary N) is 1. The normalized spacial score (nSPS) is 11.8. The molecule has 0 spiro atoms. The number of pyridine rings is 1. The van der Waals surface area contributed by atoms with Gasteiger partial charge >= 0.3 is 5.97 Å². The van der Waals surface area contributed by atoms with Gasteiger partial charge in [0.15, 0.2) is 0 Å². The molecule has 0 fully saturated rings. The Morgan fingerprint density at radius 3 is 2.12 bits per heavy atom. The van der Waals surface area contributed by atoms with Gasteiger partial charge in [-0.05, 0) is 12.1 Å². The van der Waals surface area contributed by atoms with Crippen LogP contribution in [0.5, 0.6) is 0 Å². The van der Waals surface area contributed by atoms with E-state index >= 15 is 0 Å². The number of hydrogen-bond donors (Lipinski definition) is 2. The molecule has 0 aliphatic heterocycles. The van der Waals surface area contributed by atoms with Gasteiger partial charge in [-0.1, -0.05) is 36.4 Å². The van der Waals surface area contributed by atoms with Gasteiger partial charge in [-0.15, -0.1) is 12.3 Å². The second kappa shape index (κ2) is 6.39. The molecule has 0 radical (unpaired) electrons. The van der Waals surface area contributed by atoms with Crippen molar-refractivity contribution in [2.24, 2.45) is 0 Å². The number of benzene rings is 2. The summed E-state index contributed by atoms with van der Waals surface area (Å²) in [6.45, 7) is 0. The maximum absolute atomic E-state index is 12.8. The lowest BCUT2D eigenvalue weighted by molar-refractivity contribution is -0.139. The quantitative estimate of drug-likeness (QED) is 0.572. The van der Waals surface area contributed by atoms with E-state index in [2.05, 4.69) is 16.2 Å². The lowest BCUT2D eigenvalue weighted by Crippen LogP contribution is -2.40. The van der Waals surface area contributed by atoms with Crippen LogP contribution < -0.4 is 5.32 Å². The van der Waals surface area contributed by atoms with E-state index in [1.165, 1.54) is 0 Å². The van der Waals surface area contributed by atoms with Gasteiger partial charge in [0.25, 0.3) is 5.91 Å². The molecule has 0 unspecified atom stereocenters. The Kier molecular flexibility index (Phi) is 4.13.